The van der Waals surface area contributed by atoms with Gasteiger partial charge < -0.3 is 4.90 Å². The first-order valence-electron chi connectivity index (χ1n) is 9.02. The van der Waals surface area contributed by atoms with Gasteiger partial charge in [-0.2, -0.15) is 4.31 Å². The number of nitrogens with one attached hydrogen (secondary N) is 2. The number of halogens is 1. The van der Waals surface area contributed by atoms with Gasteiger partial charge in [0.1, 0.15) is 6.04 Å². The van der Waals surface area contributed by atoms with Gasteiger partial charge >= 0.3 is 0 Å². The predicted octanol–water partition coefficient (Wildman–Crippen LogP) is 0.818. The first-order chi connectivity index (χ1) is 12.5. The summed E-state index contributed by atoms with van der Waals surface area (Å²) >= 11 is 5.84. The molecule has 3 fully saturated rings. The Bertz CT molecular complexity index is 778. The quantitative estimate of drug-likeness (QED) is 0.787. The molecule has 2 heterocycles. The molecule has 1 amide bonds. The average molecular weight is 399 g/mol. The highest BCUT2D eigenvalue weighted by molar-refractivity contribution is 7.89. The van der Waals surface area contributed by atoms with E-state index in [0.29, 0.717) is 43.2 Å². The summed E-state index contributed by atoms with van der Waals surface area (Å²) in [5, 5.41) is 0.502. The lowest BCUT2D eigenvalue weighted by Gasteiger charge is -2.35. The number of piperazine rings is 1. The topological polar surface area (TPSA) is 81.8 Å². The minimum Gasteiger partial charge on any atom is -0.339 e. The highest BCUT2D eigenvalue weighted by Crippen LogP contribution is 2.32. The van der Waals surface area contributed by atoms with Crippen molar-refractivity contribution >= 4 is 27.5 Å². The first kappa shape index (κ1) is 18.2. The second-order valence-electron chi connectivity index (χ2n) is 7.15. The molecule has 9 heteroatoms. The van der Waals surface area contributed by atoms with Crippen molar-refractivity contribution in [2.24, 2.45) is 5.92 Å². The molecular formula is C17H23ClN4O3S. The molecule has 1 aromatic rings. The Kier molecular flexibility index (Phi) is 4.96. The number of rotatable bonds is 3. The van der Waals surface area contributed by atoms with Crippen LogP contribution in [0.4, 0.5) is 0 Å². The largest absolute Gasteiger partial charge is 0.339 e. The fourth-order valence-electron chi connectivity index (χ4n) is 4.22. The molecule has 4 rings (SSSR count). The summed E-state index contributed by atoms with van der Waals surface area (Å²) in [6.45, 7) is 1.46. The third-order valence-corrected chi connectivity index (χ3v) is 7.85. The monoisotopic (exact) mass is 398 g/mol. The van der Waals surface area contributed by atoms with Crippen molar-refractivity contribution in [1.82, 2.24) is 20.1 Å². The van der Waals surface area contributed by atoms with Gasteiger partial charge in [-0.1, -0.05) is 18.0 Å². The summed E-state index contributed by atoms with van der Waals surface area (Å²) in [5.74, 6) is 0.425. The lowest BCUT2D eigenvalue weighted by atomic mass is 9.96. The number of hydrazine groups is 1. The fourth-order valence-corrected chi connectivity index (χ4v) is 5.76. The molecule has 0 spiro atoms. The molecule has 0 aromatic heterocycles. The Labute approximate surface area is 158 Å². The van der Waals surface area contributed by atoms with E-state index in [2.05, 4.69) is 10.9 Å². The Morgan fingerprint density at radius 2 is 1.73 bits per heavy atom. The Hall–Kier alpha value is -1.19. The van der Waals surface area contributed by atoms with Crippen LogP contribution in [-0.2, 0) is 14.8 Å². The van der Waals surface area contributed by atoms with E-state index in [-0.39, 0.29) is 16.8 Å². The summed E-state index contributed by atoms with van der Waals surface area (Å²) in [6, 6.07) is 6.38. The zero-order valence-electron chi connectivity index (χ0n) is 14.4. The summed E-state index contributed by atoms with van der Waals surface area (Å²) in [4.78, 5) is 14.9. The Morgan fingerprint density at radius 3 is 2.42 bits per heavy atom. The van der Waals surface area contributed by atoms with Crippen LogP contribution >= 0.6 is 11.6 Å². The number of nitrogens with zero attached hydrogens (tertiary/aromatic N) is 2. The SMILES string of the molecule is O=C(C1NNC2CCCC21)N1CCN(S(=O)(=O)c2ccc(Cl)cc2)CC1. The molecule has 2 N–H and O–H groups in total. The van der Waals surface area contributed by atoms with Crippen molar-refractivity contribution in [3.8, 4) is 0 Å². The van der Waals surface area contributed by atoms with Crippen molar-refractivity contribution < 1.29 is 13.2 Å². The number of sulfonamides is 1. The molecule has 3 atom stereocenters. The van der Waals surface area contributed by atoms with E-state index in [4.69, 9.17) is 11.6 Å². The third kappa shape index (κ3) is 3.25. The van der Waals surface area contributed by atoms with Gasteiger partial charge in [0.05, 0.1) is 4.90 Å². The van der Waals surface area contributed by atoms with Crippen LogP contribution in [0.1, 0.15) is 19.3 Å². The minimum absolute atomic E-state index is 0.0791. The van der Waals surface area contributed by atoms with Crippen LogP contribution in [0.5, 0.6) is 0 Å². The minimum atomic E-state index is -3.55. The molecule has 1 saturated carbocycles. The van der Waals surface area contributed by atoms with Gasteiger partial charge in [0.2, 0.25) is 15.9 Å². The maximum Gasteiger partial charge on any atom is 0.243 e. The first-order valence-corrected chi connectivity index (χ1v) is 10.8. The van der Waals surface area contributed by atoms with Crippen LogP contribution in [0.2, 0.25) is 5.02 Å². The number of hydrogen-bond donors (Lipinski definition) is 2. The molecule has 142 valence electrons. The summed E-state index contributed by atoms with van der Waals surface area (Å²) in [7, 11) is -3.55. The lowest BCUT2D eigenvalue weighted by molar-refractivity contribution is -0.135. The molecule has 2 aliphatic heterocycles. The Morgan fingerprint density at radius 1 is 1.04 bits per heavy atom. The highest BCUT2D eigenvalue weighted by atomic mass is 35.5. The van der Waals surface area contributed by atoms with Crippen LogP contribution < -0.4 is 10.9 Å². The molecule has 0 bridgehead atoms. The van der Waals surface area contributed by atoms with Crippen LogP contribution in [0.3, 0.4) is 0 Å². The molecule has 0 radical (unpaired) electrons. The van der Waals surface area contributed by atoms with Crippen molar-refractivity contribution in [1.29, 1.82) is 0 Å². The van der Waals surface area contributed by atoms with E-state index in [9.17, 15) is 13.2 Å². The van der Waals surface area contributed by atoms with Gasteiger partial charge in [-0.3, -0.25) is 10.2 Å². The number of amides is 1. The maximum atomic E-state index is 12.8. The zero-order valence-corrected chi connectivity index (χ0v) is 16.0. The maximum absolute atomic E-state index is 12.8. The van der Waals surface area contributed by atoms with Crippen LogP contribution in [0.25, 0.3) is 0 Å². The van der Waals surface area contributed by atoms with Crippen molar-refractivity contribution in [2.45, 2.75) is 36.2 Å². The van der Waals surface area contributed by atoms with Gasteiger partial charge in [-0.25, -0.2) is 13.8 Å². The van der Waals surface area contributed by atoms with Gasteiger partial charge in [-0.15, -0.1) is 0 Å². The predicted molar refractivity (Wildman–Crippen MR) is 98.0 cm³/mol. The molecule has 3 unspecified atom stereocenters. The standard InChI is InChI=1S/C17H23ClN4O3S/c18-12-4-6-13(7-5-12)26(24,25)22-10-8-21(9-11-22)17(23)16-14-2-1-3-15(14)19-20-16/h4-7,14-16,19-20H,1-3,8-11H2. The fraction of sp³-hybridized carbons (Fsp3) is 0.588. The molecule has 2 saturated heterocycles. The van der Waals surface area contributed by atoms with E-state index in [0.717, 1.165) is 19.3 Å². The van der Waals surface area contributed by atoms with Gasteiger partial charge in [0, 0.05) is 43.2 Å². The summed E-state index contributed by atoms with van der Waals surface area (Å²) < 4.78 is 26.9. The van der Waals surface area contributed by atoms with Crippen LogP contribution in [0, 0.1) is 5.92 Å². The van der Waals surface area contributed by atoms with Crippen LogP contribution in [-0.4, -0.2) is 61.8 Å². The Balaban J connectivity index is 1.39. The number of carbonyl (C=O) groups excluding carboxylic acids is 1. The van der Waals surface area contributed by atoms with Gasteiger partial charge in [0.15, 0.2) is 0 Å². The number of hydrogen-bond acceptors (Lipinski definition) is 5. The van der Waals surface area contributed by atoms with E-state index >= 15 is 0 Å². The van der Waals surface area contributed by atoms with E-state index in [1.165, 1.54) is 16.4 Å². The zero-order chi connectivity index (χ0) is 18.3. The summed E-state index contributed by atoms with van der Waals surface area (Å²) in [6.07, 6.45) is 3.32. The molecule has 1 aromatic carbocycles. The van der Waals surface area contributed by atoms with Gasteiger partial charge in [-0.05, 0) is 37.1 Å². The normalized spacial score (nSPS) is 29.7. The second-order valence-corrected chi connectivity index (χ2v) is 9.53. The average Bonchev–Trinajstić information content (AvgIpc) is 3.25. The molecule has 3 aliphatic rings. The molecule has 7 nitrogen and oxygen atoms in total. The summed E-state index contributed by atoms with van der Waals surface area (Å²) in [5.41, 5.74) is 6.38. The van der Waals surface area contributed by atoms with E-state index < -0.39 is 10.0 Å². The lowest BCUT2D eigenvalue weighted by Crippen LogP contribution is -2.55. The van der Waals surface area contributed by atoms with E-state index in [1.54, 1.807) is 17.0 Å². The number of carbonyl (C=O) groups is 1. The number of fused-ring (bicyclic) bond motifs is 1. The second kappa shape index (κ2) is 7.09. The number of benzene rings is 1. The smallest absolute Gasteiger partial charge is 0.243 e. The van der Waals surface area contributed by atoms with Crippen LogP contribution in [0.15, 0.2) is 29.2 Å². The molecular weight excluding hydrogens is 376 g/mol. The van der Waals surface area contributed by atoms with E-state index in [1.807, 2.05) is 0 Å². The molecule has 26 heavy (non-hydrogen) atoms. The molecule has 1 aliphatic carbocycles. The van der Waals surface area contributed by atoms with Crippen molar-refractivity contribution in [2.75, 3.05) is 26.2 Å². The van der Waals surface area contributed by atoms with Crippen molar-refractivity contribution in [3.05, 3.63) is 29.3 Å². The van der Waals surface area contributed by atoms with Gasteiger partial charge in [0.25, 0.3) is 0 Å². The van der Waals surface area contributed by atoms with Crippen molar-refractivity contribution in [3.63, 3.8) is 0 Å². The highest BCUT2D eigenvalue weighted by Gasteiger charge is 2.44. The third-order valence-electron chi connectivity index (χ3n) is 5.69.